The minimum Gasteiger partial charge on any atom is -0.363 e. The Morgan fingerprint density at radius 2 is 2.00 bits per heavy atom. The van der Waals surface area contributed by atoms with Crippen molar-refractivity contribution in [1.29, 1.82) is 0 Å². The van der Waals surface area contributed by atoms with Crippen molar-refractivity contribution in [3.05, 3.63) is 36.2 Å². The van der Waals surface area contributed by atoms with Gasteiger partial charge >= 0.3 is 0 Å². The highest BCUT2D eigenvalue weighted by Crippen LogP contribution is 2.49. The molecule has 0 atom stereocenters. The maximum atomic E-state index is 3.42. The van der Waals surface area contributed by atoms with Crippen LogP contribution in [-0.4, -0.2) is 4.98 Å². The monoisotopic (exact) mass is 171 g/mol. The molecule has 1 heterocycles. The Kier molecular flexibility index (Phi) is 1.20. The highest BCUT2D eigenvalue weighted by Gasteiger charge is 2.41. The predicted molar refractivity (Wildman–Crippen MR) is 54.9 cm³/mol. The lowest BCUT2D eigenvalue weighted by atomic mass is 10.0. The Labute approximate surface area is 77.8 Å². The fraction of sp³-hybridized carbons (Fsp3) is 0.333. The van der Waals surface area contributed by atoms with E-state index in [2.05, 4.69) is 42.4 Å². The van der Waals surface area contributed by atoms with E-state index in [4.69, 9.17) is 0 Å². The fourth-order valence-electron chi connectivity index (χ4n) is 2.02. The van der Waals surface area contributed by atoms with E-state index in [0.717, 1.165) is 0 Å². The summed E-state index contributed by atoms with van der Waals surface area (Å²) in [4.78, 5) is 3.42. The van der Waals surface area contributed by atoms with Gasteiger partial charge in [0.25, 0.3) is 0 Å². The van der Waals surface area contributed by atoms with Crippen LogP contribution >= 0.6 is 0 Å². The molecule has 3 rings (SSSR count). The largest absolute Gasteiger partial charge is 0.363 e. The van der Waals surface area contributed by atoms with Crippen molar-refractivity contribution in [3.8, 4) is 0 Å². The number of fused-ring (bicyclic) bond motifs is 1. The SMILES string of the molecule is CC1(c2[nH]cc3ccccc23)CC1. The number of aromatic amines is 1. The quantitative estimate of drug-likeness (QED) is 0.678. The summed E-state index contributed by atoms with van der Waals surface area (Å²) in [6.07, 6.45) is 4.78. The highest BCUT2D eigenvalue weighted by molar-refractivity contribution is 5.86. The Morgan fingerprint density at radius 1 is 1.23 bits per heavy atom. The van der Waals surface area contributed by atoms with E-state index in [-0.39, 0.29) is 0 Å². The molecule has 1 heteroatoms. The predicted octanol–water partition coefficient (Wildman–Crippen LogP) is 3.22. The van der Waals surface area contributed by atoms with E-state index in [0.29, 0.717) is 5.41 Å². The zero-order chi connectivity index (χ0) is 8.89. The molecule has 2 aromatic rings. The van der Waals surface area contributed by atoms with Gasteiger partial charge in [-0.25, -0.2) is 0 Å². The van der Waals surface area contributed by atoms with Crippen LogP contribution in [-0.2, 0) is 5.41 Å². The molecular weight excluding hydrogens is 158 g/mol. The summed E-state index contributed by atoms with van der Waals surface area (Å²) in [7, 11) is 0. The zero-order valence-electron chi connectivity index (χ0n) is 7.80. The summed E-state index contributed by atoms with van der Waals surface area (Å²) in [5.74, 6) is 0. The van der Waals surface area contributed by atoms with Crippen LogP contribution < -0.4 is 0 Å². The van der Waals surface area contributed by atoms with Crippen molar-refractivity contribution in [1.82, 2.24) is 4.98 Å². The van der Waals surface area contributed by atoms with Crippen LogP contribution in [0.2, 0.25) is 0 Å². The molecule has 0 amide bonds. The first-order valence-electron chi connectivity index (χ1n) is 4.86. The first kappa shape index (κ1) is 7.19. The summed E-state index contributed by atoms with van der Waals surface area (Å²) in [5, 5.41) is 2.74. The van der Waals surface area contributed by atoms with Crippen LogP contribution in [0.25, 0.3) is 10.8 Å². The van der Waals surface area contributed by atoms with Gasteiger partial charge in [-0.2, -0.15) is 0 Å². The van der Waals surface area contributed by atoms with Gasteiger partial charge in [0.05, 0.1) is 0 Å². The van der Waals surface area contributed by atoms with Crippen LogP contribution in [0.5, 0.6) is 0 Å². The topological polar surface area (TPSA) is 15.8 Å². The van der Waals surface area contributed by atoms with Crippen molar-refractivity contribution in [2.45, 2.75) is 25.2 Å². The van der Waals surface area contributed by atoms with Crippen LogP contribution in [0.15, 0.2) is 30.5 Å². The lowest BCUT2D eigenvalue weighted by molar-refractivity contribution is 0.766. The maximum Gasteiger partial charge on any atom is 0.0287 e. The molecule has 1 fully saturated rings. The molecule has 0 spiro atoms. The van der Waals surface area contributed by atoms with Crippen molar-refractivity contribution < 1.29 is 0 Å². The Hall–Kier alpha value is -1.24. The Morgan fingerprint density at radius 3 is 2.77 bits per heavy atom. The molecule has 1 aromatic heterocycles. The Bertz CT molecular complexity index is 449. The first-order chi connectivity index (χ1) is 6.30. The molecule has 1 N–H and O–H groups in total. The Balaban J connectivity index is 2.30. The minimum absolute atomic E-state index is 0.448. The molecule has 0 radical (unpaired) electrons. The molecule has 66 valence electrons. The van der Waals surface area contributed by atoms with Crippen LogP contribution in [0, 0.1) is 0 Å². The lowest BCUT2D eigenvalue weighted by Crippen LogP contribution is -1.99. The third kappa shape index (κ3) is 0.932. The number of H-pyrrole nitrogens is 1. The number of aromatic nitrogens is 1. The van der Waals surface area contributed by atoms with Gasteiger partial charge in [-0.05, 0) is 18.2 Å². The maximum absolute atomic E-state index is 3.42. The molecule has 1 aliphatic carbocycles. The molecular formula is C12H13N. The molecule has 0 saturated heterocycles. The van der Waals surface area contributed by atoms with Crippen LogP contribution in [0.3, 0.4) is 0 Å². The van der Waals surface area contributed by atoms with Crippen LogP contribution in [0.1, 0.15) is 25.5 Å². The first-order valence-corrected chi connectivity index (χ1v) is 4.86. The summed E-state index contributed by atoms with van der Waals surface area (Å²) >= 11 is 0. The van der Waals surface area contributed by atoms with Crippen molar-refractivity contribution >= 4 is 10.8 Å². The minimum atomic E-state index is 0.448. The van der Waals surface area contributed by atoms with Gasteiger partial charge in [0.15, 0.2) is 0 Å². The van der Waals surface area contributed by atoms with Gasteiger partial charge in [-0.3, -0.25) is 0 Å². The van der Waals surface area contributed by atoms with Crippen molar-refractivity contribution in [2.24, 2.45) is 0 Å². The lowest BCUT2D eigenvalue weighted by Gasteiger charge is -2.05. The second-order valence-electron chi connectivity index (χ2n) is 4.31. The number of nitrogens with one attached hydrogen (secondary N) is 1. The number of hydrogen-bond acceptors (Lipinski definition) is 0. The normalized spacial score (nSPS) is 19.2. The molecule has 0 aliphatic heterocycles. The fourth-order valence-corrected chi connectivity index (χ4v) is 2.02. The third-order valence-electron chi connectivity index (χ3n) is 3.21. The van der Waals surface area contributed by atoms with Gasteiger partial charge in [-0.15, -0.1) is 0 Å². The van der Waals surface area contributed by atoms with E-state index >= 15 is 0 Å². The summed E-state index contributed by atoms with van der Waals surface area (Å²) in [5.41, 5.74) is 1.88. The van der Waals surface area contributed by atoms with Crippen molar-refractivity contribution in [2.75, 3.05) is 0 Å². The number of hydrogen-bond donors (Lipinski definition) is 1. The molecule has 1 aliphatic rings. The number of rotatable bonds is 1. The molecule has 1 saturated carbocycles. The van der Waals surface area contributed by atoms with E-state index in [1.807, 2.05) is 0 Å². The average molecular weight is 171 g/mol. The van der Waals surface area contributed by atoms with Gasteiger partial charge in [0.1, 0.15) is 0 Å². The van der Waals surface area contributed by atoms with E-state index < -0.39 is 0 Å². The molecule has 1 aromatic carbocycles. The second kappa shape index (κ2) is 2.16. The summed E-state index contributed by atoms with van der Waals surface area (Å²) < 4.78 is 0. The van der Waals surface area contributed by atoms with Crippen molar-refractivity contribution in [3.63, 3.8) is 0 Å². The van der Waals surface area contributed by atoms with E-state index in [9.17, 15) is 0 Å². The van der Waals surface area contributed by atoms with Crippen LogP contribution in [0.4, 0.5) is 0 Å². The summed E-state index contributed by atoms with van der Waals surface area (Å²) in [6, 6.07) is 8.59. The second-order valence-corrected chi connectivity index (χ2v) is 4.31. The van der Waals surface area contributed by atoms with Gasteiger partial charge in [0, 0.05) is 22.7 Å². The van der Waals surface area contributed by atoms with Gasteiger partial charge in [-0.1, -0.05) is 31.2 Å². The van der Waals surface area contributed by atoms with E-state index in [1.54, 1.807) is 0 Å². The third-order valence-corrected chi connectivity index (χ3v) is 3.21. The molecule has 13 heavy (non-hydrogen) atoms. The molecule has 0 bridgehead atoms. The molecule has 0 unspecified atom stereocenters. The highest BCUT2D eigenvalue weighted by atomic mass is 14.7. The van der Waals surface area contributed by atoms with Gasteiger partial charge in [0.2, 0.25) is 0 Å². The summed E-state index contributed by atoms with van der Waals surface area (Å²) in [6.45, 7) is 2.34. The molecule has 1 nitrogen and oxygen atoms in total. The van der Waals surface area contributed by atoms with E-state index in [1.165, 1.54) is 29.3 Å². The number of benzene rings is 1. The van der Waals surface area contributed by atoms with Gasteiger partial charge < -0.3 is 4.98 Å². The standard InChI is InChI=1S/C12H13N/c1-12(6-7-12)11-10-5-3-2-4-9(10)8-13-11/h2-5,8,13H,6-7H2,1H3. The zero-order valence-corrected chi connectivity index (χ0v) is 7.80. The smallest absolute Gasteiger partial charge is 0.0287 e. The average Bonchev–Trinajstić information content (AvgIpc) is 2.76.